The molecule has 1 aromatic carbocycles. The molecule has 0 bridgehead atoms. The molecule has 0 aromatic heterocycles. The number of aliphatic hydroxyl groups excluding tert-OH is 1. The van der Waals surface area contributed by atoms with Crippen LogP contribution in [0.1, 0.15) is 18.4 Å². The first kappa shape index (κ1) is 10.3. The minimum Gasteiger partial charge on any atom is -0.389 e. The van der Waals surface area contributed by atoms with Crippen LogP contribution < -0.4 is 0 Å². The Morgan fingerprint density at radius 1 is 1.33 bits per heavy atom. The van der Waals surface area contributed by atoms with Gasteiger partial charge in [0, 0.05) is 0 Å². The fraction of sp³-hybridized carbons (Fsp3) is 0.333. The standard InChI is InChI=1S/C12H12F2O/c13-10-2-4-12(14)9(7-10)5-8-1-3-11(15)6-8/h2,4,6-7,11,15H,1,3,5H2. The van der Waals surface area contributed by atoms with Crippen molar-refractivity contribution in [3.8, 4) is 0 Å². The zero-order chi connectivity index (χ0) is 10.8. The van der Waals surface area contributed by atoms with Gasteiger partial charge < -0.3 is 5.11 Å². The van der Waals surface area contributed by atoms with Crippen LogP contribution >= 0.6 is 0 Å². The smallest absolute Gasteiger partial charge is 0.126 e. The average Bonchev–Trinajstić information content (AvgIpc) is 2.58. The Labute approximate surface area is 87.1 Å². The van der Waals surface area contributed by atoms with Crippen LogP contribution in [0.5, 0.6) is 0 Å². The summed E-state index contributed by atoms with van der Waals surface area (Å²) in [6, 6.07) is 3.45. The monoisotopic (exact) mass is 210 g/mol. The highest BCUT2D eigenvalue weighted by Crippen LogP contribution is 2.23. The van der Waals surface area contributed by atoms with Crippen molar-refractivity contribution in [2.45, 2.75) is 25.4 Å². The van der Waals surface area contributed by atoms with E-state index in [4.69, 9.17) is 0 Å². The van der Waals surface area contributed by atoms with Gasteiger partial charge in [0.1, 0.15) is 11.6 Å². The van der Waals surface area contributed by atoms with Crippen LogP contribution in [0.4, 0.5) is 8.78 Å². The molecule has 80 valence electrons. The van der Waals surface area contributed by atoms with E-state index >= 15 is 0 Å². The van der Waals surface area contributed by atoms with Crippen LogP contribution in [0, 0.1) is 11.6 Å². The van der Waals surface area contributed by atoms with Gasteiger partial charge in [-0.2, -0.15) is 0 Å². The van der Waals surface area contributed by atoms with E-state index in [-0.39, 0.29) is 0 Å². The van der Waals surface area contributed by atoms with Gasteiger partial charge in [0.2, 0.25) is 0 Å². The van der Waals surface area contributed by atoms with Crippen molar-refractivity contribution in [2.75, 3.05) is 0 Å². The lowest BCUT2D eigenvalue weighted by Crippen LogP contribution is -1.94. The average molecular weight is 210 g/mol. The molecule has 0 aliphatic heterocycles. The van der Waals surface area contributed by atoms with Gasteiger partial charge in [0.15, 0.2) is 0 Å². The van der Waals surface area contributed by atoms with E-state index < -0.39 is 17.7 Å². The van der Waals surface area contributed by atoms with Crippen molar-refractivity contribution in [1.82, 2.24) is 0 Å². The van der Waals surface area contributed by atoms with E-state index in [2.05, 4.69) is 0 Å². The highest BCUT2D eigenvalue weighted by Gasteiger charge is 2.14. The van der Waals surface area contributed by atoms with Gasteiger partial charge >= 0.3 is 0 Å². The molecule has 1 atom stereocenters. The Kier molecular flexibility index (Phi) is 2.82. The van der Waals surface area contributed by atoms with Gasteiger partial charge in [0.05, 0.1) is 6.10 Å². The second-order valence-electron chi connectivity index (χ2n) is 3.84. The third kappa shape index (κ3) is 2.42. The van der Waals surface area contributed by atoms with Gasteiger partial charge in [-0.15, -0.1) is 0 Å². The molecule has 0 saturated heterocycles. The summed E-state index contributed by atoms with van der Waals surface area (Å²) in [5.74, 6) is -0.816. The van der Waals surface area contributed by atoms with E-state index in [1.54, 1.807) is 6.08 Å². The van der Waals surface area contributed by atoms with Crippen LogP contribution in [0.2, 0.25) is 0 Å². The maximum absolute atomic E-state index is 13.3. The molecule has 1 aliphatic carbocycles. The Bertz CT molecular complexity index is 399. The van der Waals surface area contributed by atoms with Crippen LogP contribution in [0.15, 0.2) is 29.8 Å². The molecule has 0 spiro atoms. The molecule has 1 nitrogen and oxygen atoms in total. The van der Waals surface area contributed by atoms with Gasteiger partial charge in [0.25, 0.3) is 0 Å². The molecule has 1 aliphatic rings. The summed E-state index contributed by atoms with van der Waals surface area (Å²) in [5, 5.41) is 9.26. The molecule has 1 aromatic rings. The first-order chi connectivity index (χ1) is 7.15. The lowest BCUT2D eigenvalue weighted by molar-refractivity contribution is 0.223. The Balaban J connectivity index is 2.17. The van der Waals surface area contributed by atoms with Crippen molar-refractivity contribution in [3.05, 3.63) is 47.0 Å². The summed E-state index contributed by atoms with van der Waals surface area (Å²) < 4.78 is 26.1. The highest BCUT2D eigenvalue weighted by molar-refractivity contribution is 5.26. The number of hydrogen-bond acceptors (Lipinski definition) is 1. The molecule has 0 fully saturated rings. The number of benzene rings is 1. The Hall–Kier alpha value is -1.22. The van der Waals surface area contributed by atoms with E-state index in [1.807, 2.05) is 0 Å². The topological polar surface area (TPSA) is 20.2 Å². The first-order valence-corrected chi connectivity index (χ1v) is 4.97. The molecular formula is C12H12F2O. The third-order valence-electron chi connectivity index (χ3n) is 2.61. The fourth-order valence-electron chi connectivity index (χ4n) is 1.84. The summed E-state index contributed by atoms with van der Waals surface area (Å²) in [6.07, 6.45) is 3.14. The van der Waals surface area contributed by atoms with Crippen molar-refractivity contribution >= 4 is 0 Å². The molecule has 2 rings (SSSR count). The zero-order valence-electron chi connectivity index (χ0n) is 8.21. The van der Waals surface area contributed by atoms with Crippen molar-refractivity contribution in [3.63, 3.8) is 0 Å². The van der Waals surface area contributed by atoms with Gasteiger partial charge in [-0.1, -0.05) is 11.6 Å². The van der Waals surface area contributed by atoms with Crippen molar-refractivity contribution < 1.29 is 13.9 Å². The molecule has 1 unspecified atom stereocenters. The number of rotatable bonds is 2. The van der Waals surface area contributed by atoms with E-state index in [9.17, 15) is 13.9 Å². The minimum atomic E-state index is -0.425. The predicted octanol–water partition coefficient (Wildman–Crippen LogP) is 2.59. The quantitative estimate of drug-likeness (QED) is 0.744. The summed E-state index contributed by atoms with van der Waals surface area (Å²) in [7, 11) is 0. The van der Waals surface area contributed by atoms with Gasteiger partial charge in [-0.3, -0.25) is 0 Å². The molecule has 0 saturated carbocycles. The second-order valence-corrected chi connectivity index (χ2v) is 3.84. The number of halogens is 2. The maximum Gasteiger partial charge on any atom is 0.126 e. The third-order valence-corrected chi connectivity index (χ3v) is 2.61. The minimum absolute atomic E-state index is 0.357. The lowest BCUT2D eigenvalue weighted by Gasteiger charge is -2.03. The highest BCUT2D eigenvalue weighted by atomic mass is 19.1. The largest absolute Gasteiger partial charge is 0.389 e. The Morgan fingerprint density at radius 3 is 2.80 bits per heavy atom. The lowest BCUT2D eigenvalue weighted by atomic mass is 10.0. The van der Waals surface area contributed by atoms with E-state index in [0.29, 0.717) is 18.4 Å². The SMILES string of the molecule is OC1C=C(Cc2cc(F)ccc2F)CC1. The summed E-state index contributed by atoms with van der Waals surface area (Å²) in [6.45, 7) is 0. The Morgan fingerprint density at radius 2 is 2.13 bits per heavy atom. The van der Waals surface area contributed by atoms with Crippen molar-refractivity contribution in [1.29, 1.82) is 0 Å². The van der Waals surface area contributed by atoms with Crippen LogP contribution in [0.25, 0.3) is 0 Å². The first-order valence-electron chi connectivity index (χ1n) is 4.97. The number of allylic oxidation sites excluding steroid dienone is 1. The predicted molar refractivity (Wildman–Crippen MR) is 53.4 cm³/mol. The van der Waals surface area contributed by atoms with Crippen molar-refractivity contribution in [2.24, 2.45) is 0 Å². The molecule has 3 heteroatoms. The van der Waals surface area contributed by atoms with Crippen LogP contribution in [-0.4, -0.2) is 11.2 Å². The van der Waals surface area contributed by atoms with Gasteiger partial charge in [-0.05, 0) is 43.0 Å². The maximum atomic E-state index is 13.3. The second kappa shape index (κ2) is 4.11. The molecule has 0 heterocycles. The summed E-state index contributed by atoms with van der Waals surface area (Å²) >= 11 is 0. The van der Waals surface area contributed by atoms with Crippen LogP contribution in [-0.2, 0) is 6.42 Å². The summed E-state index contributed by atoms with van der Waals surface area (Å²) in [5.41, 5.74) is 1.34. The molecular weight excluding hydrogens is 198 g/mol. The number of hydrogen-bond donors (Lipinski definition) is 1. The fourth-order valence-corrected chi connectivity index (χ4v) is 1.84. The molecule has 0 amide bonds. The number of aliphatic hydroxyl groups is 1. The van der Waals surface area contributed by atoms with E-state index in [0.717, 1.165) is 24.1 Å². The normalized spacial score (nSPS) is 20.5. The summed E-state index contributed by atoms with van der Waals surface area (Å²) in [4.78, 5) is 0. The van der Waals surface area contributed by atoms with E-state index in [1.165, 1.54) is 6.07 Å². The van der Waals surface area contributed by atoms with Gasteiger partial charge in [-0.25, -0.2) is 8.78 Å². The molecule has 0 radical (unpaired) electrons. The van der Waals surface area contributed by atoms with Crippen LogP contribution in [0.3, 0.4) is 0 Å². The molecule has 1 N–H and O–H groups in total. The zero-order valence-corrected chi connectivity index (χ0v) is 8.21. The molecule has 15 heavy (non-hydrogen) atoms.